The van der Waals surface area contributed by atoms with Crippen LogP contribution in [0.1, 0.15) is 65.7 Å². The summed E-state index contributed by atoms with van der Waals surface area (Å²) in [6.45, 7) is 6.85. The largest absolute Gasteiger partial charge is 0.481 e. The topological polar surface area (TPSA) is 37.3 Å². The average molecular weight is 252 g/mol. The van der Waals surface area contributed by atoms with Crippen LogP contribution in [-0.2, 0) is 4.79 Å². The van der Waals surface area contributed by atoms with Crippen LogP contribution >= 0.6 is 0 Å². The average Bonchev–Trinajstić information content (AvgIpc) is 2.32. The molecule has 104 valence electrons. The van der Waals surface area contributed by atoms with Gasteiger partial charge in [-0.15, -0.1) is 0 Å². The van der Waals surface area contributed by atoms with E-state index < -0.39 is 11.4 Å². The quantitative estimate of drug-likeness (QED) is 0.793. The van der Waals surface area contributed by atoms with Gasteiger partial charge < -0.3 is 5.11 Å². The van der Waals surface area contributed by atoms with Gasteiger partial charge in [0.25, 0.3) is 0 Å². The molecule has 1 N–H and O–H groups in total. The molecule has 0 bridgehead atoms. The molecule has 2 heteroatoms. The number of rotatable bonds is 2. The van der Waals surface area contributed by atoms with Crippen LogP contribution in [0.4, 0.5) is 0 Å². The van der Waals surface area contributed by atoms with Crippen molar-refractivity contribution in [3.05, 3.63) is 0 Å². The van der Waals surface area contributed by atoms with Gasteiger partial charge in [-0.2, -0.15) is 0 Å². The lowest BCUT2D eigenvalue weighted by Crippen LogP contribution is -2.44. The normalized spacial score (nSPS) is 45.7. The van der Waals surface area contributed by atoms with Gasteiger partial charge in [-0.3, -0.25) is 4.79 Å². The van der Waals surface area contributed by atoms with Gasteiger partial charge in [0.2, 0.25) is 0 Å². The second-order valence-electron chi connectivity index (χ2n) is 7.13. The number of carbonyl (C=O) groups is 1. The molecule has 0 aromatic carbocycles. The van der Waals surface area contributed by atoms with Crippen LogP contribution in [0, 0.1) is 29.1 Å². The van der Waals surface area contributed by atoms with E-state index in [1.165, 1.54) is 12.8 Å². The summed E-state index contributed by atoms with van der Waals surface area (Å²) >= 11 is 0. The van der Waals surface area contributed by atoms with Crippen molar-refractivity contribution >= 4 is 5.97 Å². The summed E-state index contributed by atoms with van der Waals surface area (Å²) in [5.74, 6) is 1.96. The first-order valence-electron chi connectivity index (χ1n) is 7.69. The molecule has 5 unspecified atom stereocenters. The van der Waals surface area contributed by atoms with Gasteiger partial charge in [-0.1, -0.05) is 40.0 Å². The Morgan fingerprint density at radius 1 is 1.11 bits per heavy atom. The molecule has 2 aliphatic rings. The third kappa shape index (κ3) is 2.44. The standard InChI is InChI=1S/C16H28O2/c1-11-5-4-8-16(10-11,15(17)18)14-7-6-12(2)13(3)9-14/h11-14H,4-10H2,1-3H3,(H,17,18). The molecule has 18 heavy (non-hydrogen) atoms. The molecule has 0 aromatic rings. The van der Waals surface area contributed by atoms with E-state index in [-0.39, 0.29) is 0 Å². The minimum Gasteiger partial charge on any atom is -0.481 e. The second kappa shape index (κ2) is 5.22. The molecule has 0 aromatic heterocycles. The smallest absolute Gasteiger partial charge is 0.309 e. The van der Waals surface area contributed by atoms with E-state index in [2.05, 4.69) is 20.8 Å². The first kappa shape index (κ1) is 13.9. The Morgan fingerprint density at radius 2 is 1.83 bits per heavy atom. The highest BCUT2D eigenvalue weighted by Crippen LogP contribution is 2.51. The predicted molar refractivity (Wildman–Crippen MR) is 73.4 cm³/mol. The molecule has 0 aliphatic heterocycles. The molecule has 2 saturated carbocycles. The van der Waals surface area contributed by atoms with Crippen molar-refractivity contribution in [3.63, 3.8) is 0 Å². The van der Waals surface area contributed by atoms with Gasteiger partial charge in [0.05, 0.1) is 5.41 Å². The maximum absolute atomic E-state index is 11.9. The molecule has 2 rings (SSSR count). The molecule has 0 saturated heterocycles. The highest BCUT2D eigenvalue weighted by atomic mass is 16.4. The zero-order valence-electron chi connectivity index (χ0n) is 12.1. The van der Waals surface area contributed by atoms with Crippen molar-refractivity contribution in [1.82, 2.24) is 0 Å². The minimum absolute atomic E-state index is 0.397. The van der Waals surface area contributed by atoms with Crippen molar-refractivity contribution in [2.24, 2.45) is 29.1 Å². The molecule has 5 atom stereocenters. The van der Waals surface area contributed by atoms with Crippen LogP contribution in [0.3, 0.4) is 0 Å². The van der Waals surface area contributed by atoms with E-state index in [1.54, 1.807) is 0 Å². The Balaban J connectivity index is 2.17. The predicted octanol–water partition coefficient (Wildman–Crippen LogP) is 4.34. The molecule has 2 aliphatic carbocycles. The third-order valence-corrected chi connectivity index (χ3v) is 5.84. The maximum Gasteiger partial charge on any atom is 0.309 e. The van der Waals surface area contributed by atoms with E-state index in [0.29, 0.717) is 17.8 Å². The summed E-state index contributed by atoms with van der Waals surface area (Å²) in [7, 11) is 0. The van der Waals surface area contributed by atoms with Crippen molar-refractivity contribution in [3.8, 4) is 0 Å². The van der Waals surface area contributed by atoms with Gasteiger partial charge in [-0.25, -0.2) is 0 Å². The zero-order chi connectivity index (χ0) is 13.3. The van der Waals surface area contributed by atoms with Crippen LogP contribution < -0.4 is 0 Å². The Morgan fingerprint density at radius 3 is 2.39 bits per heavy atom. The van der Waals surface area contributed by atoms with Gasteiger partial charge in [0.1, 0.15) is 0 Å². The number of carboxylic acids is 1. The number of aliphatic carboxylic acids is 1. The number of hydrogen-bond acceptors (Lipinski definition) is 1. The Kier molecular flexibility index (Phi) is 4.03. The highest BCUT2D eigenvalue weighted by molar-refractivity contribution is 5.75. The van der Waals surface area contributed by atoms with E-state index >= 15 is 0 Å². The Bertz CT molecular complexity index is 312. The maximum atomic E-state index is 11.9. The summed E-state index contributed by atoms with van der Waals surface area (Å²) in [4.78, 5) is 11.9. The zero-order valence-corrected chi connectivity index (χ0v) is 12.1. The fourth-order valence-corrected chi connectivity index (χ4v) is 4.38. The van der Waals surface area contributed by atoms with Gasteiger partial charge >= 0.3 is 5.97 Å². The molecule has 0 spiro atoms. The summed E-state index contributed by atoms with van der Waals surface area (Å²) < 4.78 is 0. The van der Waals surface area contributed by atoms with E-state index in [9.17, 15) is 9.90 Å². The van der Waals surface area contributed by atoms with Crippen LogP contribution in [0.25, 0.3) is 0 Å². The highest BCUT2D eigenvalue weighted by Gasteiger charge is 2.49. The lowest BCUT2D eigenvalue weighted by atomic mass is 9.57. The second-order valence-corrected chi connectivity index (χ2v) is 7.13. The SMILES string of the molecule is CC1CCCC(C(=O)O)(C2CCC(C)C(C)C2)C1. The van der Waals surface area contributed by atoms with Gasteiger partial charge in [0, 0.05) is 0 Å². The van der Waals surface area contributed by atoms with Crippen LogP contribution in [0.2, 0.25) is 0 Å². The van der Waals surface area contributed by atoms with Crippen molar-refractivity contribution < 1.29 is 9.90 Å². The molecular formula is C16H28O2. The van der Waals surface area contributed by atoms with Gasteiger partial charge in [-0.05, 0) is 49.4 Å². The first-order chi connectivity index (χ1) is 8.45. The monoisotopic (exact) mass is 252 g/mol. The van der Waals surface area contributed by atoms with E-state index in [4.69, 9.17) is 0 Å². The molecule has 0 heterocycles. The number of carboxylic acid groups (broad SMARTS) is 1. The summed E-state index contributed by atoms with van der Waals surface area (Å²) in [6, 6.07) is 0. The van der Waals surface area contributed by atoms with E-state index in [1.807, 2.05) is 0 Å². The summed E-state index contributed by atoms with van der Waals surface area (Å²) in [6.07, 6.45) is 7.62. The van der Waals surface area contributed by atoms with Crippen molar-refractivity contribution in [1.29, 1.82) is 0 Å². The lowest BCUT2D eigenvalue weighted by molar-refractivity contribution is -0.159. The Labute approximate surface area is 111 Å². The van der Waals surface area contributed by atoms with Crippen LogP contribution in [-0.4, -0.2) is 11.1 Å². The van der Waals surface area contributed by atoms with Crippen LogP contribution in [0.5, 0.6) is 0 Å². The molecule has 2 nitrogen and oxygen atoms in total. The fourth-order valence-electron chi connectivity index (χ4n) is 4.38. The minimum atomic E-state index is -0.513. The first-order valence-corrected chi connectivity index (χ1v) is 7.69. The molecule has 0 radical (unpaired) electrons. The van der Waals surface area contributed by atoms with Crippen molar-refractivity contribution in [2.75, 3.05) is 0 Å². The third-order valence-electron chi connectivity index (χ3n) is 5.84. The van der Waals surface area contributed by atoms with Crippen molar-refractivity contribution in [2.45, 2.75) is 65.7 Å². The lowest BCUT2D eigenvalue weighted by Gasteiger charge is -2.46. The van der Waals surface area contributed by atoms with Crippen LogP contribution in [0.15, 0.2) is 0 Å². The molecular weight excluding hydrogens is 224 g/mol. The fraction of sp³-hybridized carbons (Fsp3) is 0.938. The van der Waals surface area contributed by atoms with Gasteiger partial charge in [0.15, 0.2) is 0 Å². The number of hydrogen-bond donors (Lipinski definition) is 1. The summed E-state index contributed by atoms with van der Waals surface area (Å²) in [5, 5.41) is 9.81. The molecule has 0 amide bonds. The Hall–Kier alpha value is -0.530. The summed E-state index contributed by atoms with van der Waals surface area (Å²) in [5.41, 5.74) is -0.397. The van der Waals surface area contributed by atoms with E-state index in [0.717, 1.165) is 38.0 Å². The molecule has 2 fully saturated rings.